The molecule has 0 aliphatic heterocycles. The number of nitro benzene ring substituents is 2. The molecule has 2 aromatic carbocycles. The molecule has 1 N–H and O–H groups in total. The lowest BCUT2D eigenvalue weighted by molar-refractivity contribution is -0.385. The minimum atomic E-state index is -0.520. The second-order valence-corrected chi connectivity index (χ2v) is 4.69. The highest BCUT2D eigenvalue weighted by atomic mass is 16.6. The van der Waals surface area contributed by atoms with E-state index in [0.717, 1.165) is 0 Å². The summed E-state index contributed by atoms with van der Waals surface area (Å²) < 4.78 is 0. The van der Waals surface area contributed by atoms with Crippen molar-refractivity contribution in [3.8, 4) is 0 Å². The van der Waals surface area contributed by atoms with Crippen LogP contribution in [-0.4, -0.2) is 15.0 Å². The molecule has 22 heavy (non-hydrogen) atoms. The molecule has 0 amide bonds. The molecule has 0 heterocycles. The van der Waals surface area contributed by atoms with Gasteiger partial charge in [-0.25, -0.2) is 0 Å². The molecule has 0 saturated heterocycles. The van der Waals surface area contributed by atoms with Gasteiger partial charge in [0.05, 0.1) is 9.85 Å². The molecule has 0 unspecified atom stereocenters. The number of aliphatic hydroxyl groups is 1. The fourth-order valence-electron chi connectivity index (χ4n) is 2.18. The summed E-state index contributed by atoms with van der Waals surface area (Å²) in [5.41, 5.74) is 0.556. The molecular weight excluding hydrogens is 288 g/mol. The summed E-state index contributed by atoms with van der Waals surface area (Å²) in [6.07, 6.45) is -0.115. The lowest BCUT2D eigenvalue weighted by atomic mass is 9.99. The summed E-state index contributed by atoms with van der Waals surface area (Å²) in [5, 5.41) is 31.9. The van der Waals surface area contributed by atoms with E-state index >= 15 is 0 Å². The molecule has 7 heteroatoms. The zero-order chi connectivity index (χ0) is 16.1. The third-order valence-corrected chi connectivity index (χ3v) is 3.17. The molecule has 0 saturated carbocycles. The van der Waals surface area contributed by atoms with Gasteiger partial charge in [0.1, 0.15) is 6.10 Å². The van der Waals surface area contributed by atoms with Crippen molar-refractivity contribution in [2.75, 3.05) is 0 Å². The molecule has 113 valence electrons. The van der Waals surface area contributed by atoms with Crippen molar-refractivity contribution >= 4 is 11.4 Å². The second-order valence-electron chi connectivity index (χ2n) is 4.69. The van der Waals surface area contributed by atoms with Crippen molar-refractivity contribution in [1.29, 1.82) is 0 Å². The maximum Gasteiger partial charge on any atom is 0.272 e. The summed E-state index contributed by atoms with van der Waals surface area (Å²) in [6, 6.07) is 12.2. The van der Waals surface area contributed by atoms with Crippen LogP contribution in [0.3, 0.4) is 0 Å². The molecule has 2 rings (SSSR count). The van der Waals surface area contributed by atoms with E-state index in [1.54, 1.807) is 36.4 Å². The highest BCUT2D eigenvalue weighted by Crippen LogP contribution is 2.25. The SMILES string of the molecule is O=[N+]([O-])c1ccccc1C[C](O)Cc1ccccc1[N+](=O)[O-]. The van der Waals surface area contributed by atoms with E-state index in [-0.39, 0.29) is 30.3 Å². The number of rotatable bonds is 6. The van der Waals surface area contributed by atoms with Gasteiger partial charge in [-0.05, 0) is 0 Å². The molecule has 1 radical (unpaired) electrons. The molecule has 2 aromatic rings. The summed E-state index contributed by atoms with van der Waals surface area (Å²) in [7, 11) is 0. The molecule has 0 aliphatic rings. The Balaban J connectivity index is 2.16. The van der Waals surface area contributed by atoms with Crippen molar-refractivity contribution in [1.82, 2.24) is 0 Å². The summed E-state index contributed by atoms with van der Waals surface area (Å²) >= 11 is 0. The normalized spacial score (nSPS) is 10.6. The summed E-state index contributed by atoms with van der Waals surface area (Å²) in [6.45, 7) is 0. The van der Waals surface area contributed by atoms with Gasteiger partial charge < -0.3 is 5.11 Å². The minimum Gasteiger partial charge on any atom is -0.386 e. The first-order valence-corrected chi connectivity index (χ1v) is 6.47. The number of nitrogens with zero attached hydrogens (tertiary/aromatic N) is 2. The third-order valence-electron chi connectivity index (χ3n) is 3.17. The number of hydrogen-bond acceptors (Lipinski definition) is 5. The van der Waals surface area contributed by atoms with E-state index in [0.29, 0.717) is 11.1 Å². The Hall–Kier alpha value is -2.80. The molecule has 0 atom stereocenters. The van der Waals surface area contributed by atoms with E-state index in [1.165, 1.54) is 12.1 Å². The molecule has 0 aromatic heterocycles. The van der Waals surface area contributed by atoms with Gasteiger partial charge in [-0.1, -0.05) is 36.4 Å². The Morgan fingerprint density at radius 3 is 1.55 bits per heavy atom. The van der Waals surface area contributed by atoms with Crippen LogP contribution >= 0.6 is 0 Å². The largest absolute Gasteiger partial charge is 0.386 e. The van der Waals surface area contributed by atoms with Crippen LogP contribution in [0, 0.1) is 26.3 Å². The maximum atomic E-state index is 10.9. The van der Waals surface area contributed by atoms with Crippen molar-refractivity contribution in [3.05, 3.63) is 86.0 Å². The molecule has 7 nitrogen and oxygen atoms in total. The van der Waals surface area contributed by atoms with Gasteiger partial charge in [0.25, 0.3) is 11.4 Å². The van der Waals surface area contributed by atoms with Gasteiger partial charge >= 0.3 is 0 Å². The highest BCUT2D eigenvalue weighted by Gasteiger charge is 2.20. The van der Waals surface area contributed by atoms with Crippen LogP contribution in [0.1, 0.15) is 11.1 Å². The quantitative estimate of drug-likeness (QED) is 0.651. The number of aliphatic hydroxyl groups excluding tert-OH is 1. The third kappa shape index (κ3) is 3.64. The predicted molar refractivity (Wildman–Crippen MR) is 78.8 cm³/mol. The van der Waals surface area contributed by atoms with Gasteiger partial charge in [-0.15, -0.1) is 0 Å². The molecular formula is C15H13N2O5. The van der Waals surface area contributed by atoms with E-state index in [2.05, 4.69) is 0 Å². The second kappa shape index (κ2) is 6.77. The van der Waals surface area contributed by atoms with Crippen LogP contribution in [0.4, 0.5) is 11.4 Å². The maximum absolute atomic E-state index is 10.9. The minimum absolute atomic E-state index is 0.0246. The number of benzene rings is 2. The number of para-hydroxylation sites is 2. The Kier molecular flexibility index (Phi) is 4.80. The zero-order valence-corrected chi connectivity index (χ0v) is 11.5. The average Bonchev–Trinajstić information content (AvgIpc) is 2.47. The number of nitro groups is 2. The first-order valence-electron chi connectivity index (χ1n) is 6.47. The Morgan fingerprint density at radius 2 is 1.18 bits per heavy atom. The van der Waals surface area contributed by atoms with Crippen molar-refractivity contribution in [2.45, 2.75) is 12.8 Å². The Labute approximate surface area is 126 Å². The van der Waals surface area contributed by atoms with E-state index < -0.39 is 9.85 Å². The summed E-state index contributed by atoms with van der Waals surface area (Å²) in [4.78, 5) is 20.8. The Morgan fingerprint density at radius 1 is 0.818 bits per heavy atom. The molecule has 0 bridgehead atoms. The van der Waals surface area contributed by atoms with Crippen LogP contribution in [0.5, 0.6) is 0 Å². The lowest BCUT2D eigenvalue weighted by Crippen LogP contribution is -2.08. The van der Waals surface area contributed by atoms with Crippen molar-refractivity contribution < 1.29 is 15.0 Å². The molecule has 0 aliphatic carbocycles. The van der Waals surface area contributed by atoms with E-state index in [1.807, 2.05) is 0 Å². The van der Waals surface area contributed by atoms with Crippen LogP contribution < -0.4 is 0 Å². The highest BCUT2D eigenvalue weighted by molar-refractivity contribution is 5.43. The standard InChI is InChI=1S/C15H13N2O5/c18-13(9-11-5-1-3-7-14(11)16(19)20)10-12-6-2-4-8-15(12)17(21)22/h1-8,18H,9-10H2. The van der Waals surface area contributed by atoms with E-state index in [4.69, 9.17) is 0 Å². The topological polar surface area (TPSA) is 107 Å². The van der Waals surface area contributed by atoms with Crippen LogP contribution in [0.25, 0.3) is 0 Å². The Bertz CT molecular complexity index is 642. The van der Waals surface area contributed by atoms with Crippen molar-refractivity contribution in [3.63, 3.8) is 0 Å². The number of hydrogen-bond donors (Lipinski definition) is 1. The van der Waals surface area contributed by atoms with Gasteiger partial charge in [0.2, 0.25) is 0 Å². The fourth-order valence-corrected chi connectivity index (χ4v) is 2.18. The van der Waals surface area contributed by atoms with Gasteiger partial charge in [-0.3, -0.25) is 20.2 Å². The van der Waals surface area contributed by atoms with Gasteiger partial charge in [0, 0.05) is 36.1 Å². The van der Waals surface area contributed by atoms with Crippen molar-refractivity contribution in [2.24, 2.45) is 0 Å². The fraction of sp³-hybridized carbons (Fsp3) is 0.133. The lowest BCUT2D eigenvalue weighted by Gasteiger charge is -2.10. The molecule has 0 fully saturated rings. The smallest absolute Gasteiger partial charge is 0.272 e. The predicted octanol–water partition coefficient (Wildman–Crippen LogP) is 3.19. The molecule has 0 spiro atoms. The van der Waals surface area contributed by atoms with Crippen LogP contribution in [-0.2, 0) is 12.8 Å². The van der Waals surface area contributed by atoms with Gasteiger partial charge in [-0.2, -0.15) is 0 Å². The first-order chi connectivity index (χ1) is 10.5. The van der Waals surface area contributed by atoms with Crippen LogP contribution in [0.2, 0.25) is 0 Å². The summed E-state index contributed by atoms with van der Waals surface area (Å²) in [5.74, 6) is 0. The zero-order valence-electron chi connectivity index (χ0n) is 11.5. The average molecular weight is 301 g/mol. The van der Waals surface area contributed by atoms with E-state index in [9.17, 15) is 25.3 Å². The monoisotopic (exact) mass is 301 g/mol. The van der Waals surface area contributed by atoms with Gasteiger partial charge in [0.15, 0.2) is 0 Å². The first kappa shape index (κ1) is 15.6. The van der Waals surface area contributed by atoms with Crippen LogP contribution in [0.15, 0.2) is 48.5 Å².